The Kier molecular flexibility index (Phi) is 11.1. The SMILES string of the molecule is CCC[S][Sb]([S]CCC)([S]CCC)([S]C1CCS1)[S]C1CCS1. The summed E-state index contributed by atoms with van der Waals surface area (Å²) in [6, 6.07) is 0. The van der Waals surface area contributed by atoms with Gasteiger partial charge in [-0.3, -0.25) is 0 Å². The van der Waals surface area contributed by atoms with Gasteiger partial charge in [0.1, 0.15) is 0 Å². The van der Waals surface area contributed by atoms with Gasteiger partial charge in [0.2, 0.25) is 0 Å². The maximum atomic E-state index is 2.53. The summed E-state index contributed by atoms with van der Waals surface area (Å²) in [5.41, 5.74) is 0. The van der Waals surface area contributed by atoms with E-state index in [1.165, 1.54) is 60.9 Å². The Balaban J connectivity index is 2.23. The van der Waals surface area contributed by atoms with E-state index >= 15 is 0 Å². The van der Waals surface area contributed by atoms with Crippen molar-refractivity contribution in [3.05, 3.63) is 0 Å². The molecule has 0 aromatic heterocycles. The van der Waals surface area contributed by atoms with Gasteiger partial charge in [0.05, 0.1) is 0 Å². The van der Waals surface area contributed by atoms with Crippen LogP contribution in [0.15, 0.2) is 0 Å². The second kappa shape index (κ2) is 11.3. The van der Waals surface area contributed by atoms with Crippen LogP contribution in [0.3, 0.4) is 0 Å². The summed E-state index contributed by atoms with van der Waals surface area (Å²) in [6.07, 6.45) is 6.93. The van der Waals surface area contributed by atoms with Gasteiger partial charge in [0, 0.05) is 0 Å². The molecule has 2 rings (SSSR count). The Hall–Kier alpha value is 3.27. The first-order valence-corrected chi connectivity index (χ1v) is 31.0. The summed E-state index contributed by atoms with van der Waals surface area (Å²) in [4.78, 5) is 0. The molecule has 23 heavy (non-hydrogen) atoms. The normalized spacial score (nSPS) is 26.1. The van der Waals surface area contributed by atoms with Crippen molar-refractivity contribution in [1.29, 1.82) is 0 Å². The van der Waals surface area contributed by atoms with Gasteiger partial charge in [-0.05, 0) is 0 Å². The molecule has 0 radical (unpaired) electrons. The van der Waals surface area contributed by atoms with Gasteiger partial charge in [-0.2, -0.15) is 0 Å². The van der Waals surface area contributed by atoms with E-state index in [0.717, 1.165) is 9.16 Å². The first-order chi connectivity index (χ1) is 11.2. The van der Waals surface area contributed by atoms with Crippen LogP contribution < -0.4 is 0 Å². The average molecular weight is 558 g/mol. The zero-order valence-electron chi connectivity index (χ0n) is 14.5. The maximum absolute atomic E-state index is 2.91. The monoisotopic (exact) mass is 556 g/mol. The van der Waals surface area contributed by atoms with Gasteiger partial charge in [0.25, 0.3) is 0 Å². The van der Waals surface area contributed by atoms with Crippen molar-refractivity contribution in [3.8, 4) is 0 Å². The number of hydrogen-bond acceptors (Lipinski definition) is 7. The van der Waals surface area contributed by atoms with Crippen molar-refractivity contribution in [3.63, 3.8) is 0 Å². The van der Waals surface area contributed by atoms with Crippen molar-refractivity contribution in [2.24, 2.45) is 0 Å². The first-order valence-electron chi connectivity index (χ1n) is 8.74. The van der Waals surface area contributed by atoms with E-state index in [1.807, 2.05) is 0 Å². The first kappa shape index (κ1) is 22.6. The summed E-state index contributed by atoms with van der Waals surface area (Å²) in [7, 11) is 9.58. The van der Waals surface area contributed by atoms with Crippen LogP contribution in [0.5, 0.6) is 0 Å². The molecule has 0 bridgehead atoms. The summed E-state index contributed by atoms with van der Waals surface area (Å²) >= 11 is 4.47. The fourth-order valence-corrected chi connectivity index (χ4v) is 100. The predicted octanol–water partition coefficient (Wildman–Crippen LogP) is 7.69. The Labute approximate surface area is 167 Å². The van der Waals surface area contributed by atoms with E-state index in [4.69, 9.17) is 0 Å². The van der Waals surface area contributed by atoms with E-state index in [9.17, 15) is 0 Å². The molecule has 0 nitrogen and oxygen atoms in total. The van der Waals surface area contributed by atoms with Gasteiger partial charge < -0.3 is 0 Å². The molecule has 138 valence electrons. The third-order valence-corrected chi connectivity index (χ3v) is 79.3. The fourth-order valence-electron chi connectivity index (χ4n) is 2.02. The minimum absolute atomic E-state index is 0.910. The summed E-state index contributed by atoms with van der Waals surface area (Å²) in [5, 5.41) is 0. The Bertz CT molecular complexity index is 302. The zero-order chi connectivity index (χ0) is 16.6. The van der Waals surface area contributed by atoms with Gasteiger partial charge in [-0.1, -0.05) is 0 Å². The van der Waals surface area contributed by atoms with Crippen LogP contribution in [-0.2, 0) is 0 Å². The van der Waals surface area contributed by atoms with Gasteiger partial charge in [0.15, 0.2) is 0 Å². The topological polar surface area (TPSA) is 0 Å². The van der Waals surface area contributed by atoms with Crippen molar-refractivity contribution in [1.82, 2.24) is 0 Å². The third-order valence-electron chi connectivity index (χ3n) is 3.41. The predicted molar refractivity (Wildman–Crippen MR) is 131 cm³/mol. The van der Waals surface area contributed by atoms with E-state index in [1.54, 1.807) is 0 Å². The third kappa shape index (κ3) is 6.68. The second-order valence-electron chi connectivity index (χ2n) is 5.63. The van der Waals surface area contributed by atoms with Gasteiger partial charge in [-0.15, -0.1) is 0 Å². The molecule has 2 aliphatic heterocycles. The molecule has 2 unspecified atom stereocenters. The van der Waals surface area contributed by atoms with Crippen molar-refractivity contribution < 1.29 is 0 Å². The molecule has 2 atom stereocenters. The molecule has 0 spiro atoms. The van der Waals surface area contributed by atoms with Crippen LogP contribution in [0.1, 0.15) is 52.9 Å². The van der Waals surface area contributed by atoms with Crippen molar-refractivity contribution >= 4 is 78.2 Å². The molecule has 2 fully saturated rings. The molecule has 2 heterocycles. The van der Waals surface area contributed by atoms with E-state index < -0.39 is 10.4 Å². The van der Waals surface area contributed by atoms with Crippen LogP contribution in [0, 0.1) is 0 Å². The van der Waals surface area contributed by atoms with Crippen LogP contribution in [0.4, 0.5) is 0 Å². The summed E-state index contributed by atoms with van der Waals surface area (Å²) in [5.74, 6) is 6.94. The number of thioether (sulfide) groups is 2. The molecule has 2 aliphatic rings. The molecule has 2 saturated heterocycles. The second-order valence-corrected chi connectivity index (χ2v) is 66.9. The molecule has 0 saturated carbocycles. The van der Waals surface area contributed by atoms with Crippen molar-refractivity contribution in [2.45, 2.75) is 62.0 Å². The van der Waals surface area contributed by atoms with Crippen molar-refractivity contribution in [2.75, 3.05) is 28.8 Å². The average Bonchev–Trinajstić information content (AvgIpc) is 2.49. The number of rotatable bonds is 13. The quantitative estimate of drug-likeness (QED) is 0.210. The Morgan fingerprint density at radius 3 is 1.30 bits per heavy atom. The molecule has 0 amide bonds. The summed E-state index contributed by atoms with van der Waals surface area (Å²) in [6.45, 7) is 7.11. The molecule has 0 aromatic carbocycles. The molecule has 0 aromatic rings. The van der Waals surface area contributed by atoms with Crippen LogP contribution in [0.25, 0.3) is 0 Å². The van der Waals surface area contributed by atoms with Crippen LogP contribution >= 0.6 is 67.8 Å². The van der Waals surface area contributed by atoms with E-state index in [0.29, 0.717) is 0 Å². The van der Waals surface area contributed by atoms with Gasteiger partial charge in [-0.25, -0.2) is 0 Å². The van der Waals surface area contributed by atoms with E-state index in [-0.39, 0.29) is 0 Å². The molecular weight excluding hydrogens is 526 g/mol. The minimum atomic E-state index is -2.91. The zero-order valence-corrected chi connectivity index (χ0v) is 22.8. The van der Waals surface area contributed by atoms with Crippen LogP contribution in [-0.4, -0.2) is 48.3 Å². The fraction of sp³-hybridized carbons (Fsp3) is 1.00. The Morgan fingerprint density at radius 1 is 0.739 bits per heavy atom. The molecule has 0 N–H and O–H groups in total. The van der Waals surface area contributed by atoms with Crippen LogP contribution in [0.2, 0.25) is 0 Å². The number of hydrogen-bond donors (Lipinski definition) is 0. The molecule has 0 aliphatic carbocycles. The molecule has 8 heteroatoms. The van der Waals surface area contributed by atoms with E-state index in [2.05, 4.69) is 88.5 Å². The standard InChI is InChI=1S/2C3H6S2.3C3H8S.Sb/c2*4-3-1-2-5-3;3*1-2-3-4;/h2*3-4H,1-2H2;3*4H,2-3H2,1H3;/q;;;;;+5/p-5. The summed E-state index contributed by atoms with van der Waals surface area (Å²) < 4.78 is 1.82. The Morgan fingerprint density at radius 2 is 1.09 bits per heavy atom. The van der Waals surface area contributed by atoms with Gasteiger partial charge >= 0.3 is 169 Å². The molecular formula is C15H31S7Sb.